The molecule has 0 bridgehead atoms. The molecule has 0 aliphatic heterocycles. The van der Waals surface area contributed by atoms with Gasteiger partial charge in [-0.3, -0.25) is 4.79 Å². The zero-order valence-electron chi connectivity index (χ0n) is 16.1. The van der Waals surface area contributed by atoms with Crippen LogP contribution in [-0.4, -0.2) is 19.1 Å². The van der Waals surface area contributed by atoms with Crippen LogP contribution < -0.4 is 15.4 Å². The van der Waals surface area contributed by atoms with Crippen molar-refractivity contribution in [1.29, 1.82) is 0 Å². The van der Waals surface area contributed by atoms with Crippen LogP contribution in [-0.2, 0) is 11.2 Å². The van der Waals surface area contributed by atoms with Gasteiger partial charge in [-0.25, -0.2) is 0 Å². The molecule has 0 aliphatic rings. The molecule has 1 amide bonds. The summed E-state index contributed by atoms with van der Waals surface area (Å²) in [5.41, 5.74) is 2.85. The number of hydrogen-bond donors (Lipinski definition) is 2. The van der Waals surface area contributed by atoms with Crippen LogP contribution in [0.5, 0.6) is 5.75 Å². The Balaban J connectivity index is 1.72. The first-order valence-corrected chi connectivity index (χ1v) is 9.63. The van der Waals surface area contributed by atoms with E-state index >= 15 is 0 Å². The molecule has 0 aromatic heterocycles. The molecule has 0 radical (unpaired) electrons. The Hall–Kier alpha value is -3.11. The van der Waals surface area contributed by atoms with E-state index in [1.54, 1.807) is 0 Å². The lowest BCUT2D eigenvalue weighted by Gasteiger charge is -2.20. The van der Waals surface area contributed by atoms with E-state index in [4.69, 9.17) is 4.74 Å². The SMILES string of the molecule is CCOc1ccccc1NC(=O)[C@@H](NCCc1ccccc1)c1ccccc1. The third-order valence-electron chi connectivity index (χ3n) is 4.44. The molecule has 0 unspecified atom stereocenters. The van der Waals surface area contributed by atoms with Crippen molar-refractivity contribution in [3.05, 3.63) is 96.1 Å². The summed E-state index contributed by atoms with van der Waals surface area (Å²) in [6, 6.07) is 27.1. The first-order chi connectivity index (χ1) is 13.8. The van der Waals surface area contributed by atoms with Crippen molar-refractivity contribution in [2.75, 3.05) is 18.5 Å². The summed E-state index contributed by atoms with van der Waals surface area (Å²) in [7, 11) is 0. The number of amides is 1. The largest absolute Gasteiger partial charge is 0.492 e. The second-order valence-corrected chi connectivity index (χ2v) is 6.45. The lowest BCUT2D eigenvalue weighted by molar-refractivity contribution is -0.118. The fourth-order valence-electron chi connectivity index (χ4n) is 3.07. The van der Waals surface area contributed by atoms with Gasteiger partial charge in [0.15, 0.2) is 0 Å². The molecule has 144 valence electrons. The molecule has 0 fully saturated rings. The summed E-state index contributed by atoms with van der Waals surface area (Å²) in [5, 5.41) is 6.42. The lowest BCUT2D eigenvalue weighted by Crippen LogP contribution is -2.34. The van der Waals surface area contributed by atoms with E-state index in [2.05, 4.69) is 22.8 Å². The maximum Gasteiger partial charge on any atom is 0.246 e. The van der Waals surface area contributed by atoms with E-state index in [1.807, 2.05) is 79.7 Å². The van der Waals surface area contributed by atoms with Crippen LogP contribution in [0.15, 0.2) is 84.9 Å². The molecule has 0 heterocycles. The second-order valence-electron chi connectivity index (χ2n) is 6.45. The fraction of sp³-hybridized carbons (Fsp3) is 0.208. The number of benzene rings is 3. The number of nitrogens with one attached hydrogen (secondary N) is 2. The number of carbonyl (C=O) groups is 1. The molecule has 1 atom stereocenters. The molecule has 0 saturated carbocycles. The zero-order valence-corrected chi connectivity index (χ0v) is 16.1. The van der Waals surface area contributed by atoms with E-state index in [9.17, 15) is 4.79 Å². The second kappa shape index (κ2) is 10.3. The minimum absolute atomic E-state index is 0.105. The highest BCUT2D eigenvalue weighted by molar-refractivity contribution is 5.96. The highest BCUT2D eigenvalue weighted by Gasteiger charge is 2.21. The highest BCUT2D eigenvalue weighted by Crippen LogP contribution is 2.25. The quantitative estimate of drug-likeness (QED) is 0.576. The number of rotatable bonds is 9. The number of anilines is 1. The summed E-state index contributed by atoms with van der Waals surface area (Å²) < 4.78 is 5.63. The maximum absolute atomic E-state index is 13.1. The number of hydrogen-bond acceptors (Lipinski definition) is 3. The first kappa shape index (κ1) is 19.6. The van der Waals surface area contributed by atoms with Crippen molar-refractivity contribution >= 4 is 11.6 Å². The Morgan fingerprint density at radius 2 is 1.54 bits per heavy atom. The van der Waals surface area contributed by atoms with Crippen LogP contribution in [0, 0.1) is 0 Å². The molecule has 0 saturated heterocycles. The zero-order chi connectivity index (χ0) is 19.6. The van der Waals surface area contributed by atoms with Gasteiger partial charge in [-0.15, -0.1) is 0 Å². The summed E-state index contributed by atoms with van der Waals surface area (Å²) in [4.78, 5) is 13.1. The molecule has 0 spiro atoms. The monoisotopic (exact) mass is 374 g/mol. The van der Waals surface area contributed by atoms with Gasteiger partial charge in [0.25, 0.3) is 0 Å². The van der Waals surface area contributed by atoms with Crippen molar-refractivity contribution < 1.29 is 9.53 Å². The summed E-state index contributed by atoms with van der Waals surface area (Å²) in [6.07, 6.45) is 0.854. The minimum Gasteiger partial charge on any atom is -0.492 e. The van der Waals surface area contributed by atoms with Crippen molar-refractivity contribution in [2.24, 2.45) is 0 Å². The van der Waals surface area contributed by atoms with E-state index in [0.717, 1.165) is 12.0 Å². The van der Waals surface area contributed by atoms with Crippen molar-refractivity contribution in [3.8, 4) is 5.75 Å². The van der Waals surface area contributed by atoms with Gasteiger partial charge in [0.05, 0.1) is 12.3 Å². The predicted molar refractivity (Wildman–Crippen MR) is 114 cm³/mol. The Labute approximate surface area is 166 Å². The van der Waals surface area contributed by atoms with Gasteiger partial charge in [0.2, 0.25) is 5.91 Å². The van der Waals surface area contributed by atoms with Gasteiger partial charge in [0, 0.05) is 6.54 Å². The van der Waals surface area contributed by atoms with Gasteiger partial charge in [-0.2, -0.15) is 0 Å². The van der Waals surface area contributed by atoms with E-state index < -0.39 is 6.04 Å². The van der Waals surface area contributed by atoms with Crippen LogP contribution in [0.25, 0.3) is 0 Å². The molecular formula is C24H26N2O2. The van der Waals surface area contributed by atoms with Crippen molar-refractivity contribution in [3.63, 3.8) is 0 Å². The van der Waals surface area contributed by atoms with Crippen LogP contribution in [0.4, 0.5) is 5.69 Å². The molecule has 2 N–H and O–H groups in total. The van der Waals surface area contributed by atoms with Gasteiger partial charge >= 0.3 is 0 Å². The van der Waals surface area contributed by atoms with Crippen LogP contribution >= 0.6 is 0 Å². The van der Waals surface area contributed by atoms with E-state index in [1.165, 1.54) is 5.56 Å². The molecular weight excluding hydrogens is 348 g/mol. The molecule has 3 aromatic rings. The smallest absolute Gasteiger partial charge is 0.246 e. The standard InChI is InChI=1S/C24H26N2O2/c1-2-28-22-16-10-9-15-21(22)26-24(27)23(20-13-7-4-8-14-20)25-18-17-19-11-5-3-6-12-19/h3-16,23,25H,2,17-18H2,1H3,(H,26,27)/t23-/m0/s1. The number of ether oxygens (including phenoxy) is 1. The molecule has 28 heavy (non-hydrogen) atoms. The Morgan fingerprint density at radius 1 is 0.893 bits per heavy atom. The average Bonchev–Trinajstić information content (AvgIpc) is 2.74. The third kappa shape index (κ3) is 5.44. The molecule has 4 heteroatoms. The Kier molecular flexibility index (Phi) is 7.21. The molecule has 0 aliphatic carbocycles. The Morgan fingerprint density at radius 3 is 2.25 bits per heavy atom. The number of carbonyl (C=O) groups excluding carboxylic acids is 1. The number of para-hydroxylation sites is 2. The van der Waals surface area contributed by atoms with Crippen LogP contribution in [0.1, 0.15) is 24.1 Å². The molecule has 3 rings (SSSR count). The van der Waals surface area contributed by atoms with E-state index in [-0.39, 0.29) is 5.91 Å². The van der Waals surface area contributed by atoms with Crippen molar-refractivity contribution in [1.82, 2.24) is 5.32 Å². The van der Waals surface area contributed by atoms with E-state index in [0.29, 0.717) is 24.6 Å². The first-order valence-electron chi connectivity index (χ1n) is 9.63. The predicted octanol–water partition coefficient (Wildman–Crippen LogP) is 4.60. The summed E-state index contributed by atoms with van der Waals surface area (Å²) in [6.45, 7) is 3.17. The minimum atomic E-state index is -0.445. The third-order valence-corrected chi connectivity index (χ3v) is 4.44. The van der Waals surface area contributed by atoms with Crippen LogP contribution in [0.3, 0.4) is 0 Å². The maximum atomic E-state index is 13.1. The summed E-state index contributed by atoms with van der Waals surface area (Å²) in [5.74, 6) is 0.570. The fourth-order valence-corrected chi connectivity index (χ4v) is 3.07. The Bertz CT molecular complexity index is 866. The average molecular weight is 374 g/mol. The molecule has 3 aromatic carbocycles. The molecule has 4 nitrogen and oxygen atoms in total. The van der Waals surface area contributed by atoms with Gasteiger partial charge in [-0.1, -0.05) is 72.8 Å². The van der Waals surface area contributed by atoms with Gasteiger partial charge in [0.1, 0.15) is 11.8 Å². The van der Waals surface area contributed by atoms with Crippen molar-refractivity contribution in [2.45, 2.75) is 19.4 Å². The topological polar surface area (TPSA) is 50.4 Å². The van der Waals surface area contributed by atoms with Gasteiger partial charge in [-0.05, 0) is 36.6 Å². The summed E-state index contributed by atoms with van der Waals surface area (Å²) >= 11 is 0. The lowest BCUT2D eigenvalue weighted by atomic mass is 10.1. The van der Waals surface area contributed by atoms with Gasteiger partial charge < -0.3 is 15.4 Å². The van der Waals surface area contributed by atoms with Crippen LogP contribution in [0.2, 0.25) is 0 Å². The highest BCUT2D eigenvalue weighted by atomic mass is 16.5. The normalized spacial score (nSPS) is 11.6.